The van der Waals surface area contributed by atoms with E-state index in [1.54, 1.807) is 0 Å². The Labute approximate surface area is 113 Å². The van der Waals surface area contributed by atoms with Gasteiger partial charge in [0.25, 0.3) is 0 Å². The normalized spacial score (nSPS) is 23.1. The van der Waals surface area contributed by atoms with Crippen molar-refractivity contribution in [1.82, 2.24) is 0 Å². The van der Waals surface area contributed by atoms with Crippen LogP contribution in [0.25, 0.3) is 0 Å². The Kier molecular flexibility index (Phi) is 6.56. The average molecular weight is 270 g/mol. The largest absolute Gasteiger partial charge is 0.511 e. The molecule has 0 spiro atoms. The maximum Gasteiger partial charge on any atom is 0.316 e. The lowest BCUT2D eigenvalue weighted by atomic mass is 9.80. The summed E-state index contributed by atoms with van der Waals surface area (Å²) in [5.41, 5.74) is 0. The van der Waals surface area contributed by atoms with E-state index in [2.05, 4.69) is 11.7 Å². The highest BCUT2D eigenvalue weighted by Crippen LogP contribution is 2.31. The molecule has 1 N–H and O–H groups in total. The summed E-state index contributed by atoms with van der Waals surface area (Å²) >= 11 is 0. The van der Waals surface area contributed by atoms with Gasteiger partial charge in [-0.3, -0.25) is 9.59 Å². The summed E-state index contributed by atoms with van der Waals surface area (Å²) in [6.07, 6.45) is 4.00. The molecule has 0 aromatic heterocycles. The number of esters is 1. The second-order valence-electron chi connectivity index (χ2n) is 4.76. The third kappa shape index (κ3) is 4.67. The van der Waals surface area contributed by atoms with Gasteiger partial charge < -0.3 is 14.6 Å². The van der Waals surface area contributed by atoms with Crippen molar-refractivity contribution >= 4 is 11.8 Å². The number of aliphatic hydroxyl groups excluding tert-OH is 1. The predicted octanol–water partition coefficient (Wildman–Crippen LogP) is 2.01. The number of hydrogen-bond donors (Lipinski definition) is 1. The van der Waals surface area contributed by atoms with Crippen LogP contribution in [-0.4, -0.2) is 37.2 Å². The maximum absolute atomic E-state index is 11.7. The van der Waals surface area contributed by atoms with E-state index in [9.17, 15) is 14.7 Å². The van der Waals surface area contributed by atoms with Gasteiger partial charge in [0.05, 0.1) is 7.11 Å². The quantitative estimate of drug-likeness (QED) is 0.566. The lowest BCUT2D eigenvalue weighted by Gasteiger charge is -2.27. The first-order valence-corrected chi connectivity index (χ1v) is 6.69. The first-order chi connectivity index (χ1) is 9.10. The van der Waals surface area contributed by atoms with Gasteiger partial charge in [0, 0.05) is 25.7 Å². The minimum Gasteiger partial charge on any atom is -0.511 e. The fraction of sp³-hybridized carbons (Fsp3) is 0.714. The van der Waals surface area contributed by atoms with E-state index in [4.69, 9.17) is 4.74 Å². The number of carbonyl (C=O) groups excluding carboxylic acids is 2. The van der Waals surface area contributed by atoms with Gasteiger partial charge in [0.15, 0.2) is 5.78 Å². The Morgan fingerprint density at radius 3 is 2.84 bits per heavy atom. The van der Waals surface area contributed by atoms with Crippen molar-refractivity contribution in [3.05, 3.63) is 11.8 Å². The minimum absolute atomic E-state index is 0.156. The summed E-state index contributed by atoms with van der Waals surface area (Å²) in [4.78, 5) is 23.1. The van der Waals surface area contributed by atoms with E-state index in [-0.39, 0.29) is 23.9 Å². The Morgan fingerprint density at radius 1 is 1.47 bits per heavy atom. The fourth-order valence-electron chi connectivity index (χ4n) is 2.22. The van der Waals surface area contributed by atoms with Crippen molar-refractivity contribution in [1.29, 1.82) is 0 Å². The van der Waals surface area contributed by atoms with Crippen LogP contribution in [0.15, 0.2) is 11.8 Å². The van der Waals surface area contributed by atoms with Crippen LogP contribution in [0.1, 0.15) is 32.6 Å². The van der Waals surface area contributed by atoms with Gasteiger partial charge in [-0.1, -0.05) is 13.3 Å². The van der Waals surface area contributed by atoms with E-state index in [1.165, 1.54) is 7.11 Å². The van der Waals surface area contributed by atoms with Gasteiger partial charge in [-0.2, -0.15) is 0 Å². The number of aliphatic hydroxyl groups is 1. The molecular formula is C14H22O5. The monoisotopic (exact) mass is 270 g/mol. The second-order valence-corrected chi connectivity index (χ2v) is 4.76. The van der Waals surface area contributed by atoms with Gasteiger partial charge in [0.1, 0.15) is 11.7 Å². The molecule has 1 aliphatic carbocycles. The molecule has 0 aliphatic heterocycles. The summed E-state index contributed by atoms with van der Waals surface area (Å²) in [5, 5.41) is 9.75. The number of methoxy groups -OCH3 is 1. The zero-order valence-electron chi connectivity index (χ0n) is 11.6. The van der Waals surface area contributed by atoms with E-state index < -0.39 is 11.9 Å². The van der Waals surface area contributed by atoms with Crippen LogP contribution in [0.2, 0.25) is 0 Å². The molecule has 1 aliphatic rings. The van der Waals surface area contributed by atoms with Crippen molar-refractivity contribution in [3.8, 4) is 0 Å². The van der Waals surface area contributed by atoms with E-state index in [0.717, 1.165) is 18.9 Å². The molecule has 0 fully saturated rings. The Balaban J connectivity index is 2.55. The summed E-state index contributed by atoms with van der Waals surface area (Å²) in [6.45, 7) is 3.25. The molecule has 108 valence electrons. The summed E-state index contributed by atoms with van der Waals surface area (Å²) in [6, 6.07) is 0. The third-order valence-electron chi connectivity index (χ3n) is 3.29. The minimum atomic E-state index is -0.738. The molecule has 1 rings (SSSR count). The number of unbranched alkanes of at least 4 members (excludes halogenated alkanes) is 1. The Bertz CT molecular complexity index is 348. The number of rotatable bonds is 7. The second kappa shape index (κ2) is 7.94. The molecule has 0 saturated carbocycles. The molecule has 0 heterocycles. The van der Waals surface area contributed by atoms with Crippen molar-refractivity contribution in [2.24, 2.45) is 11.8 Å². The SMILES string of the molecule is CCCCOCCC1CC(=O)C=C(O)C1C(=O)OC. The van der Waals surface area contributed by atoms with E-state index in [1.807, 2.05) is 0 Å². The zero-order valence-corrected chi connectivity index (χ0v) is 11.6. The van der Waals surface area contributed by atoms with Crippen LogP contribution in [0.3, 0.4) is 0 Å². The van der Waals surface area contributed by atoms with Crippen LogP contribution in [0.5, 0.6) is 0 Å². The highest BCUT2D eigenvalue weighted by atomic mass is 16.5. The van der Waals surface area contributed by atoms with Gasteiger partial charge in [0.2, 0.25) is 0 Å². The maximum atomic E-state index is 11.7. The first-order valence-electron chi connectivity index (χ1n) is 6.69. The molecule has 5 heteroatoms. The van der Waals surface area contributed by atoms with Crippen LogP contribution in [-0.2, 0) is 19.1 Å². The third-order valence-corrected chi connectivity index (χ3v) is 3.29. The molecular weight excluding hydrogens is 248 g/mol. The molecule has 0 aromatic carbocycles. The molecule has 5 nitrogen and oxygen atoms in total. The first kappa shape index (κ1) is 15.7. The van der Waals surface area contributed by atoms with E-state index >= 15 is 0 Å². The van der Waals surface area contributed by atoms with Gasteiger partial charge in [-0.05, 0) is 18.8 Å². The number of hydrogen-bond acceptors (Lipinski definition) is 5. The molecule has 2 atom stereocenters. The standard InChI is InChI=1S/C14H22O5/c1-3-4-6-19-7-5-10-8-11(15)9-12(16)13(10)14(17)18-2/h9-10,13,16H,3-8H2,1-2H3. The highest BCUT2D eigenvalue weighted by Gasteiger charge is 2.37. The Morgan fingerprint density at radius 2 is 2.21 bits per heavy atom. The average Bonchev–Trinajstić information content (AvgIpc) is 2.37. The lowest BCUT2D eigenvalue weighted by molar-refractivity contribution is -0.147. The van der Waals surface area contributed by atoms with Crippen molar-refractivity contribution in [2.75, 3.05) is 20.3 Å². The van der Waals surface area contributed by atoms with Crippen LogP contribution >= 0.6 is 0 Å². The van der Waals surface area contributed by atoms with Crippen LogP contribution in [0, 0.1) is 11.8 Å². The predicted molar refractivity (Wildman–Crippen MR) is 69.7 cm³/mol. The molecule has 19 heavy (non-hydrogen) atoms. The lowest BCUT2D eigenvalue weighted by Crippen LogP contribution is -2.33. The number of allylic oxidation sites excluding steroid dienone is 1. The molecule has 0 aromatic rings. The van der Waals surface area contributed by atoms with Gasteiger partial charge in [-0.15, -0.1) is 0 Å². The van der Waals surface area contributed by atoms with Crippen molar-refractivity contribution in [2.45, 2.75) is 32.6 Å². The van der Waals surface area contributed by atoms with Gasteiger partial charge in [-0.25, -0.2) is 0 Å². The number of carbonyl (C=O) groups is 2. The van der Waals surface area contributed by atoms with Gasteiger partial charge >= 0.3 is 5.97 Å². The molecule has 0 amide bonds. The highest BCUT2D eigenvalue weighted by molar-refractivity contribution is 5.93. The summed E-state index contributed by atoms with van der Waals surface area (Å²) in [5.74, 6) is -1.83. The Hall–Kier alpha value is -1.36. The topological polar surface area (TPSA) is 72.8 Å². The van der Waals surface area contributed by atoms with Crippen molar-refractivity contribution < 1.29 is 24.2 Å². The fourth-order valence-corrected chi connectivity index (χ4v) is 2.22. The summed E-state index contributed by atoms with van der Waals surface area (Å²) < 4.78 is 10.1. The van der Waals surface area contributed by atoms with Crippen LogP contribution < -0.4 is 0 Å². The molecule has 0 saturated heterocycles. The molecule has 0 radical (unpaired) electrons. The zero-order chi connectivity index (χ0) is 14.3. The van der Waals surface area contributed by atoms with Crippen LogP contribution in [0.4, 0.5) is 0 Å². The smallest absolute Gasteiger partial charge is 0.316 e. The molecule has 2 unspecified atom stereocenters. The summed E-state index contributed by atoms with van der Waals surface area (Å²) in [7, 11) is 1.28. The number of ketones is 1. The van der Waals surface area contributed by atoms with Crippen molar-refractivity contribution in [3.63, 3.8) is 0 Å². The molecule has 0 bridgehead atoms. The number of ether oxygens (including phenoxy) is 2. The van der Waals surface area contributed by atoms with E-state index in [0.29, 0.717) is 19.6 Å².